The Labute approximate surface area is 139 Å². The zero-order valence-electron chi connectivity index (χ0n) is 14.1. The standard InChI is InChI=1S/C19H28N2O2/c1-15-5-4-11-21(14-15)10-3-2-9-20-19(22)17-6-7-18-16(13-17)8-12-23-18/h6-7,13,15H,2-5,8-12,14H2,1H3,(H,20,22). The molecule has 23 heavy (non-hydrogen) atoms. The molecule has 0 spiro atoms. The molecule has 4 nitrogen and oxygen atoms in total. The third-order valence-electron chi connectivity index (χ3n) is 4.88. The van der Waals surface area contributed by atoms with Gasteiger partial charge in [0.1, 0.15) is 5.75 Å². The largest absolute Gasteiger partial charge is 0.493 e. The Morgan fingerprint density at radius 2 is 2.30 bits per heavy atom. The molecule has 3 rings (SSSR count). The molecule has 2 heterocycles. The molecular weight excluding hydrogens is 288 g/mol. The summed E-state index contributed by atoms with van der Waals surface area (Å²) < 4.78 is 5.48. The van der Waals surface area contributed by atoms with Crippen LogP contribution >= 0.6 is 0 Å². The fourth-order valence-electron chi connectivity index (χ4n) is 3.58. The summed E-state index contributed by atoms with van der Waals surface area (Å²) in [6.07, 6.45) is 5.82. The average Bonchev–Trinajstić information content (AvgIpc) is 3.02. The van der Waals surface area contributed by atoms with Gasteiger partial charge in [-0.3, -0.25) is 4.79 Å². The number of hydrogen-bond acceptors (Lipinski definition) is 3. The minimum atomic E-state index is 0.0336. The molecule has 0 radical (unpaired) electrons. The molecule has 0 aromatic heterocycles. The van der Waals surface area contributed by atoms with Crippen molar-refractivity contribution in [3.63, 3.8) is 0 Å². The number of fused-ring (bicyclic) bond motifs is 1. The average molecular weight is 316 g/mol. The van der Waals surface area contributed by atoms with Crippen molar-refractivity contribution >= 4 is 5.91 Å². The number of rotatable bonds is 6. The highest BCUT2D eigenvalue weighted by Gasteiger charge is 2.16. The molecule has 4 heteroatoms. The normalized spacial score (nSPS) is 20.8. The number of ether oxygens (including phenoxy) is 1. The van der Waals surface area contributed by atoms with Crippen molar-refractivity contribution in [3.05, 3.63) is 29.3 Å². The topological polar surface area (TPSA) is 41.6 Å². The Balaban J connectivity index is 1.35. The summed E-state index contributed by atoms with van der Waals surface area (Å²) in [4.78, 5) is 14.8. The van der Waals surface area contributed by atoms with Crippen molar-refractivity contribution in [2.24, 2.45) is 5.92 Å². The Morgan fingerprint density at radius 3 is 3.17 bits per heavy atom. The van der Waals surface area contributed by atoms with Gasteiger partial charge in [-0.2, -0.15) is 0 Å². The molecule has 126 valence electrons. The van der Waals surface area contributed by atoms with Crippen molar-refractivity contribution in [1.82, 2.24) is 10.2 Å². The van der Waals surface area contributed by atoms with E-state index in [0.717, 1.165) is 61.8 Å². The minimum Gasteiger partial charge on any atom is -0.493 e. The lowest BCUT2D eigenvalue weighted by atomic mass is 10.0. The molecular formula is C19H28N2O2. The highest BCUT2D eigenvalue weighted by Crippen LogP contribution is 2.25. The van der Waals surface area contributed by atoms with E-state index in [1.165, 1.54) is 25.9 Å². The highest BCUT2D eigenvalue weighted by atomic mass is 16.5. The van der Waals surface area contributed by atoms with E-state index in [4.69, 9.17) is 4.74 Å². The lowest BCUT2D eigenvalue weighted by molar-refractivity contribution is 0.0952. The van der Waals surface area contributed by atoms with Crippen LogP contribution in [0.5, 0.6) is 5.75 Å². The molecule has 2 aliphatic heterocycles. The molecule has 1 unspecified atom stereocenters. The second-order valence-corrected chi connectivity index (χ2v) is 6.93. The maximum absolute atomic E-state index is 12.2. The summed E-state index contributed by atoms with van der Waals surface area (Å²) in [7, 11) is 0. The first kappa shape index (κ1) is 16.3. The fraction of sp³-hybridized carbons (Fsp3) is 0.632. The number of likely N-dealkylation sites (tertiary alicyclic amines) is 1. The van der Waals surface area contributed by atoms with Gasteiger partial charge in [0.25, 0.3) is 5.91 Å². The summed E-state index contributed by atoms with van der Waals surface area (Å²) in [5, 5.41) is 3.04. The molecule has 0 aliphatic carbocycles. The molecule has 1 fully saturated rings. The van der Waals surface area contributed by atoms with Gasteiger partial charge in [0.15, 0.2) is 0 Å². The molecule has 1 aromatic rings. The summed E-state index contributed by atoms with van der Waals surface area (Å²) in [5.41, 5.74) is 1.90. The van der Waals surface area contributed by atoms with Gasteiger partial charge in [0.05, 0.1) is 6.61 Å². The maximum atomic E-state index is 12.2. The molecule has 1 N–H and O–H groups in total. The number of unbranched alkanes of at least 4 members (excludes halogenated alkanes) is 1. The van der Waals surface area contributed by atoms with Crippen LogP contribution in [0.15, 0.2) is 18.2 Å². The smallest absolute Gasteiger partial charge is 0.251 e. The monoisotopic (exact) mass is 316 g/mol. The van der Waals surface area contributed by atoms with Crippen molar-refractivity contribution in [1.29, 1.82) is 0 Å². The zero-order chi connectivity index (χ0) is 16.1. The van der Waals surface area contributed by atoms with Gasteiger partial charge in [-0.15, -0.1) is 0 Å². The van der Waals surface area contributed by atoms with Gasteiger partial charge in [0.2, 0.25) is 0 Å². The van der Waals surface area contributed by atoms with Crippen LogP contribution in [-0.2, 0) is 6.42 Å². The lowest BCUT2D eigenvalue weighted by Crippen LogP contribution is -2.35. The number of nitrogens with one attached hydrogen (secondary N) is 1. The number of carbonyl (C=O) groups is 1. The molecule has 1 saturated heterocycles. The second kappa shape index (κ2) is 7.82. The Bertz CT molecular complexity index is 544. The van der Waals surface area contributed by atoms with Gasteiger partial charge in [0, 0.05) is 25.1 Å². The first-order valence-electron chi connectivity index (χ1n) is 8.98. The van der Waals surface area contributed by atoms with Crippen molar-refractivity contribution in [3.8, 4) is 5.75 Å². The summed E-state index contributed by atoms with van der Waals surface area (Å²) in [6.45, 7) is 7.48. The van der Waals surface area contributed by atoms with Gasteiger partial charge in [-0.05, 0) is 68.5 Å². The zero-order valence-corrected chi connectivity index (χ0v) is 14.1. The molecule has 1 amide bonds. The van der Waals surface area contributed by atoms with E-state index < -0.39 is 0 Å². The van der Waals surface area contributed by atoms with E-state index in [9.17, 15) is 4.79 Å². The Hall–Kier alpha value is -1.55. The molecule has 1 aromatic carbocycles. The van der Waals surface area contributed by atoms with Gasteiger partial charge < -0.3 is 15.0 Å². The van der Waals surface area contributed by atoms with Crippen molar-refractivity contribution < 1.29 is 9.53 Å². The predicted octanol–water partition coefficient (Wildman–Crippen LogP) is 2.86. The number of piperidine rings is 1. The van der Waals surface area contributed by atoms with Crippen LogP contribution in [-0.4, -0.2) is 43.6 Å². The third-order valence-corrected chi connectivity index (χ3v) is 4.88. The number of amides is 1. The van der Waals surface area contributed by atoms with Crippen LogP contribution in [0.3, 0.4) is 0 Å². The molecule has 2 aliphatic rings. The Kier molecular flexibility index (Phi) is 5.55. The number of benzene rings is 1. The Morgan fingerprint density at radius 1 is 1.39 bits per heavy atom. The van der Waals surface area contributed by atoms with Crippen LogP contribution in [0.4, 0.5) is 0 Å². The second-order valence-electron chi connectivity index (χ2n) is 6.93. The first-order valence-corrected chi connectivity index (χ1v) is 8.98. The van der Waals surface area contributed by atoms with E-state index in [-0.39, 0.29) is 5.91 Å². The van der Waals surface area contributed by atoms with Crippen LogP contribution in [0.1, 0.15) is 48.5 Å². The van der Waals surface area contributed by atoms with E-state index in [1.54, 1.807) is 0 Å². The highest BCUT2D eigenvalue weighted by molar-refractivity contribution is 5.94. The van der Waals surface area contributed by atoms with Crippen LogP contribution < -0.4 is 10.1 Å². The summed E-state index contributed by atoms with van der Waals surface area (Å²) in [5.74, 6) is 1.80. The molecule has 0 bridgehead atoms. The van der Waals surface area contributed by atoms with E-state index >= 15 is 0 Å². The van der Waals surface area contributed by atoms with Crippen LogP contribution in [0.25, 0.3) is 0 Å². The van der Waals surface area contributed by atoms with Gasteiger partial charge >= 0.3 is 0 Å². The number of hydrogen-bond donors (Lipinski definition) is 1. The maximum Gasteiger partial charge on any atom is 0.251 e. The molecule has 1 atom stereocenters. The van der Waals surface area contributed by atoms with Gasteiger partial charge in [-0.25, -0.2) is 0 Å². The van der Waals surface area contributed by atoms with E-state index in [1.807, 2.05) is 18.2 Å². The van der Waals surface area contributed by atoms with E-state index in [0.29, 0.717) is 0 Å². The van der Waals surface area contributed by atoms with Crippen LogP contribution in [0, 0.1) is 5.92 Å². The SMILES string of the molecule is CC1CCCN(CCCCNC(=O)c2ccc3c(c2)CCO3)C1. The number of nitrogens with zero attached hydrogens (tertiary/aromatic N) is 1. The first-order chi connectivity index (χ1) is 11.2. The van der Waals surface area contributed by atoms with Crippen LogP contribution in [0.2, 0.25) is 0 Å². The van der Waals surface area contributed by atoms with Crippen molar-refractivity contribution in [2.75, 3.05) is 32.8 Å². The van der Waals surface area contributed by atoms with E-state index in [2.05, 4.69) is 17.1 Å². The summed E-state index contributed by atoms with van der Waals surface area (Å²) >= 11 is 0. The minimum absolute atomic E-state index is 0.0336. The van der Waals surface area contributed by atoms with Crippen molar-refractivity contribution in [2.45, 2.75) is 39.0 Å². The summed E-state index contributed by atoms with van der Waals surface area (Å²) in [6, 6.07) is 5.73. The molecule has 0 saturated carbocycles. The fourth-order valence-corrected chi connectivity index (χ4v) is 3.58. The third kappa shape index (κ3) is 4.47. The quantitative estimate of drug-likeness (QED) is 0.821. The predicted molar refractivity (Wildman–Crippen MR) is 92.0 cm³/mol. The number of carbonyl (C=O) groups excluding carboxylic acids is 1. The lowest BCUT2D eigenvalue weighted by Gasteiger charge is -2.30. The van der Waals surface area contributed by atoms with Gasteiger partial charge in [-0.1, -0.05) is 6.92 Å².